The highest BCUT2D eigenvalue weighted by Crippen LogP contribution is 2.25. The second-order valence-electron chi connectivity index (χ2n) is 6.55. The summed E-state index contributed by atoms with van der Waals surface area (Å²) in [6, 6.07) is 11.5. The number of carbonyl (C=O) groups excluding carboxylic acids is 2. The van der Waals surface area contributed by atoms with Gasteiger partial charge in [-0.05, 0) is 50.6 Å². The Bertz CT molecular complexity index is 1240. The van der Waals surface area contributed by atoms with E-state index in [1.54, 1.807) is 44.2 Å². The minimum atomic E-state index is -4.09. The highest BCUT2D eigenvalue weighted by Gasteiger charge is 2.23. The van der Waals surface area contributed by atoms with E-state index in [9.17, 15) is 18.0 Å². The lowest BCUT2D eigenvalue weighted by Crippen LogP contribution is -2.14. The van der Waals surface area contributed by atoms with Crippen LogP contribution in [0.2, 0.25) is 0 Å². The van der Waals surface area contributed by atoms with E-state index in [1.165, 1.54) is 6.07 Å². The second kappa shape index (κ2) is 9.23. The first-order chi connectivity index (χ1) is 14.7. The van der Waals surface area contributed by atoms with Crippen molar-refractivity contribution in [3.63, 3.8) is 0 Å². The number of aromatic nitrogens is 2. The van der Waals surface area contributed by atoms with E-state index in [0.29, 0.717) is 22.5 Å². The predicted octanol–water partition coefficient (Wildman–Crippen LogP) is 3.38. The van der Waals surface area contributed by atoms with Crippen LogP contribution in [-0.2, 0) is 14.8 Å². The van der Waals surface area contributed by atoms with E-state index in [2.05, 4.69) is 20.2 Å². The van der Waals surface area contributed by atoms with Gasteiger partial charge in [0, 0.05) is 5.56 Å². The molecule has 0 aliphatic rings. The standard InChI is InChI=1S/C20H20N4O5S2/c1-4-29-18(26)15-9-8-13(3)16(11-15)24-31(27,28)20-23-22-19(30-20)21-17(25)14-7-5-6-12(2)10-14/h5-11,24H,4H2,1-3H3,(H,21,22,25). The summed E-state index contributed by atoms with van der Waals surface area (Å²) in [5.74, 6) is -0.977. The van der Waals surface area contributed by atoms with Gasteiger partial charge >= 0.3 is 5.97 Å². The third-order valence-corrected chi connectivity index (χ3v) is 6.70. The highest BCUT2D eigenvalue weighted by molar-refractivity contribution is 7.94. The summed E-state index contributed by atoms with van der Waals surface area (Å²) < 4.78 is 32.5. The van der Waals surface area contributed by atoms with Gasteiger partial charge in [-0.3, -0.25) is 14.8 Å². The van der Waals surface area contributed by atoms with Crippen molar-refractivity contribution >= 4 is 44.1 Å². The fourth-order valence-electron chi connectivity index (χ4n) is 2.59. The molecule has 0 saturated heterocycles. The van der Waals surface area contributed by atoms with Gasteiger partial charge in [0.15, 0.2) is 0 Å². The number of sulfonamides is 1. The molecule has 162 valence electrons. The molecule has 0 aliphatic heterocycles. The zero-order chi connectivity index (χ0) is 22.6. The summed E-state index contributed by atoms with van der Waals surface area (Å²) >= 11 is 0.714. The van der Waals surface area contributed by atoms with Crippen LogP contribution in [0.25, 0.3) is 0 Å². The third-order valence-electron chi connectivity index (χ3n) is 4.13. The van der Waals surface area contributed by atoms with E-state index >= 15 is 0 Å². The van der Waals surface area contributed by atoms with E-state index < -0.39 is 21.9 Å². The van der Waals surface area contributed by atoms with Crippen molar-refractivity contribution in [3.05, 3.63) is 64.7 Å². The first kappa shape index (κ1) is 22.4. The number of carbonyl (C=O) groups is 2. The Morgan fingerprint density at radius 1 is 1.06 bits per heavy atom. The van der Waals surface area contributed by atoms with Gasteiger partial charge in [-0.25, -0.2) is 4.79 Å². The Morgan fingerprint density at radius 3 is 2.55 bits per heavy atom. The Balaban J connectivity index is 1.78. The average molecular weight is 461 g/mol. The lowest BCUT2D eigenvalue weighted by atomic mass is 10.1. The molecule has 31 heavy (non-hydrogen) atoms. The van der Waals surface area contributed by atoms with Crippen LogP contribution < -0.4 is 10.0 Å². The number of esters is 1. The number of anilines is 2. The number of amides is 1. The molecule has 0 bridgehead atoms. The molecule has 0 unspecified atom stereocenters. The van der Waals surface area contributed by atoms with Gasteiger partial charge in [-0.2, -0.15) is 8.42 Å². The van der Waals surface area contributed by atoms with Crippen molar-refractivity contribution in [2.75, 3.05) is 16.6 Å². The molecule has 0 spiro atoms. The Kier molecular flexibility index (Phi) is 6.66. The number of rotatable bonds is 7. The Morgan fingerprint density at radius 2 is 1.84 bits per heavy atom. The zero-order valence-electron chi connectivity index (χ0n) is 17.0. The first-order valence-corrected chi connectivity index (χ1v) is 11.5. The van der Waals surface area contributed by atoms with Crippen molar-refractivity contribution in [1.82, 2.24) is 10.2 Å². The second-order valence-corrected chi connectivity index (χ2v) is 9.39. The fourth-order valence-corrected chi connectivity index (χ4v) is 4.60. The maximum absolute atomic E-state index is 12.7. The lowest BCUT2D eigenvalue weighted by Gasteiger charge is -2.10. The van der Waals surface area contributed by atoms with Gasteiger partial charge in [0.1, 0.15) is 0 Å². The molecule has 9 nitrogen and oxygen atoms in total. The van der Waals surface area contributed by atoms with Crippen molar-refractivity contribution in [2.45, 2.75) is 25.1 Å². The molecular formula is C20H20N4O5S2. The maximum Gasteiger partial charge on any atom is 0.338 e. The molecule has 0 aliphatic carbocycles. The largest absolute Gasteiger partial charge is 0.462 e. The molecule has 1 amide bonds. The molecule has 0 saturated carbocycles. The predicted molar refractivity (Wildman–Crippen MR) is 117 cm³/mol. The number of ether oxygens (including phenoxy) is 1. The van der Waals surface area contributed by atoms with Gasteiger partial charge in [0.2, 0.25) is 5.13 Å². The maximum atomic E-state index is 12.7. The molecule has 0 atom stereocenters. The molecule has 1 heterocycles. The van der Waals surface area contributed by atoms with Crippen LogP contribution in [-0.4, -0.2) is 37.1 Å². The summed E-state index contributed by atoms with van der Waals surface area (Å²) in [6.45, 7) is 5.44. The quantitative estimate of drug-likeness (QED) is 0.409. The number of hydrogen-bond donors (Lipinski definition) is 2. The van der Waals surface area contributed by atoms with Crippen LogP contribution in [0.1, 0.15) is 38.8 Å². The van der Waals surface area contributed by atoms with E-state index in [0.717, 1.165) is 5.56 Å². The molecule has 2 N–H and O–H groups in total. The minimum Gasteiger partial charge on any atom is -0.462 e. The van der Waals surface area contributed by atoms with E-state index in [1.807, 2.05) is 13.0 Å². The molecule has 0 fully saturated rings. The van der Waals surface area contributed by atoms with Crippen molar-refractivity contribution in [2.24, 2.45) is 0 Å². The zero-order valence-corrected chi connectivity index (χ0v) is 18.6. The van der Waals surface area contributed by atoms with Crippen LogP contribution in [0.3, 0.4) is 0 Å². The third kappa shape index (κ3) is 5.44. The SMILES string of the molecule is CCOC(=O)c1ccc(C)c(NS(=O)(=O)c2nnc(NC(=O)c3cccc(C)c3)s2)c1. The van der Waals surface area contributed by atoms with Crippen LogP contribution in [0.15, 0.2) is 46.8 Å². The number of nitrogens with one attached hydrogen (secondary N) is 2. The molecule has 2 aromatic carbocycles. The van der Waals surface area contributed by atoms with Gasteiger partial charge in [0.05, 0.1) is 17.9 Å². The van der Waals surface area contributed by atoms with Gasteiger partial charge in [-0.1, -0.05) is 35.1 Å². The molecule has 1 aromatic heterocycles. The van der Waals surface area contributed by atoms with Crippen LogP contribution >= 0.6 is 11.3 Å². The van der Waals surface area contributed by atoms with Gasteiger partial charge in [-0.15, -0.1) is 10.2 Å². The molecule has 11 heteroatoms. The van der Waals surface area contributed by atoms with Crippen LogP contribution in [0.5, 0.6) is 0 Å². The molecule has 3 rings (SSSR count). The van der Waals surface area contributed by atoms with Crippen molar-refractivity contribution < 1.29 is 22.7 Å². The number of hydrogen-bond acceptors (Lipinski definition) is 8. The summed E-state index contributed by atoms with van der Waals surface area (Å²) in [6.07, 6.45) is 0. The van der Waals surface area contributed by atoms with Crippen molar-refractivity contribution in [3.8, 4) is 0 Å². The highest BCUT2D eigenvalue weighted by atomic mass is 32.2. The molecule has 0 radical (unpaired) electrons. The van der Waals surface area contributed by atoms with Gasteiger partial charge < -0.3 is 4.74 Å². The average Bonchev–Trinajstić information content (AvgIpc) is 3.19. The summed E-state index contributed by atoms with van der Waals surface area (Å²) in [5.41, 5.74) is 2.37. The Hall–Kier alpha value is -3.31. The number of nitrogens with zero attached hydrogens (tertiary/aromatic N) is 2. The van der Waals surface area contributed by atoms with Gasteiger partial charge in [0.25, 0.3) is 20.3 Å². The normalized spacial score (nSPS) is 11.1. The first-order valence-electron chi connectivity index (χ1n) is 9.21. The van der Waals surface area contributed by atoms with E-state index in [-0.39, 0.29) is 27.3 Å². The Labute approximate surface area is 183 Å². The molecular weight excluding hydrogens is 440 g/mol. The van der Waals surface area contributed by atoms with Crippen molar-refractivity contribution in [1.29, 1.82) is 0 Å². The summed E-state index contributed by atoms with van der Waals surface area (Å²) in [7, 11) is -4.09. The summed E-state index contributed by atoms with van der Waals surface area (Å²) in [5, 5.41) is 10.0. The van der Waals surface area contributed by atoms with Crippen LogP contribution in [0, 0.1) is 13.8 Å². The topological polar surface area (TPSA) is 127 Å². The number of benzene rings is 2. The number of aryl methyl sites for hydroxylation is 2. The minimum absolute atomic E-state index is 0.0453. The lowest BCUT2D eigenvalue weighted by molar-refractivity contribution is 0.0526. The van der Waals surface area contributed by atoms with E-state index in [4.69, 9.17) is 4.74 Å². The fraction of sp³-hybridized carbons (Fsp3) is 0.200. The monoisotopic (exact) mass is 460 g/mol. The van der Waals surface area contributed by atoms with Crippen LogP contribution in [0.4, 0.5) is 10.8 Å². The summed E-state index contributed by atoms with van der Waals surface area (Å²) in [4.78, 5) is 24.3. The smallest absolute Gasteiger partial charge is 0.338 e. The molecule has 3 aromatic rings.